The number of benzene rings is 2. The summed E-state index contributed by atoms with van der Waals surface area (Å²) >= 11 is 7.57. The Morgan fingerprint density at radius 3 is 2.55 bits per heavy atom. The van der Waals surface area contributed by atoms with E-state index in [4.69, 9.17) is 25.5 Å². The third-order valence-electron chi connectivity index (χ3n) is 6.46. The maximum absolute atomic E-state index is 13.8. The third-order valence-corrected chi connectivity index (χ3v) is 7.78. The Kier molecular flexibility index (Phi) is 7.60. The van der Waals surface area contributed by atoms with Crippen LogP contribution in [0.15, 0.2) is 80.1 Å². The number of halogens is 1. The van der Waals surface area contributed by atoms with Crippen LogP contribution in [-0.4, -0.2) is 30.2 Å². The summed E-state index contributed by atoms with van der Waals surface area (Å²) < 4.78 is 18.0. The molecule has 0 N–H and O–H groups in total. The first-order valence-corrected chi connectivity index (χ1v) is 13.7. The monoisotopic (exact) mass is 576 g/mol. The smallest absolute Gasteiger partial charge is 0.338 e. The number of thiazole rings is 1. The maximum atomic E-state index is 13.8. The average Bonchev–Trinajstić information content (AvgIpc) is 3.52. The van der Waals surface area contributed by atoms with Crippen LogP contribution in [0.4, 0.5) is 0 Å². The van der Waals surface area contributed by atoms with Gasteiger partial charge in [-0.2, -0.15) is 0 Å². The Balaban J connectivity index is 1.61. The van der Waals surface area contributed by atoms with Crippen molar-refractivity contribution < 1.29 is 23.5 Å². The fraction of sp³-hybridized carbons (Fsp3) is 0.200. The molecule has 8 nitrogen and oxygen atoms in total. The van der Waals surface area contributed by atoms with Gasteiger partial charge in [0.15, 0.2) is 4.80 Å². The van der Waals surface area contributed by atoms with Crippen molar-refractivity contribution in [1.82, 2.24) is 4.57 Å². The number of carbonyl (C=O) groups excluding carboxylic acids is 2. The van der Waals surface area contributed by atoms with Crippen LogP contribution in [0.25, 0.3) is 17.4 Å². The van der Waals surface area contributed by atoms with Crippen LogP contribution in [0, 0.1) is 6.92 Å². The Labute approximate surface area is 238 Å². The van der Waals surface area contributed by atoms with Crippen molar-refractivity contribution in [3.63, 3.8) is 0 Å². The lowest BCUT2D eigenvalue weighted by Crippen LogP contribution is -2.39. The zero-order valence-corrected chi connectivity index (χ0v) is 23.8. The van der Waals surface area contributed by atoms with E-state index in [1.807, 2.05) is 31.2 Å². The number of nitrogens with zero attached hydrogens (tertiary/aromatic N) is 2. The van der Waals surface area contributed by atoms with E-state index in [1.165, 1.54) is 23.0 Å². The lowest BCUT2D eigenvalue weighted by atomic mass is 9.95. The molecule has 1 aliphatic rings. The van der Waals surface area contributed by atoms with Crippen molar-refractivity contribution in [1.29, 1.82) is 0 Å². The second-order valence-corrected chi connectivity index (χ2v) is 10.5. The van der Waals surface area contributed by atoms with E-state index in [1.54, 1.807) is 50.3 Å². The average molecular weight is 577 g/mol. The number of aryl methyl sites for hydroxylation is 1. The van der Waals surface area contributed by atoms with Gasteiger partial charge in [-0.25, -0.2) is 14.6 Å². The van der Waals surface area contributed by atoms with Gasteiger partial charge in [-0.3, -0.25) is 9.36 Å². The summed E-state index contributed by atoms with van der Waals surface area (Å²) in [7, 11) is 1.30. The second-order valence-electron chi connectivity index (χ2n) is 9.10. The Morgan fingerprint density at radius 1 is 1.10 bits per heavy atom. The highest BCUT2D eigenvalue weighted by Gasteiger charge is 2.33. The number of allylic oxidation sites excluding steroid dienone is 1. The highest BCUT2D eigenvalue weighted by molar-refractivity contribution is 7.07. The van der Waals surface area contributed by atoms with Gasteiger partial charge >= 0.3 is 11.9 Å². The van der Waals surface area contributed by atoms with Crippen molar-refractivity contribution in [3.8, 4) is 11.3 Å². The van der Waals surface area contributed by atoms with Crippen LogP contribution in [0.5, 0.6) is 0 Å². The summed E-state index contributed by atoms with van der Waals surface area (Å²) in [6, 6.07) is 15.2. The number of rotatable bonds is 6. The first kappa shape index (κ1) is 27.4. The van der Waals surface area contributed by atoms with Gasteiger partial charge in [0.2, 0.25) is 0 Å². The fourth-order valence-corrected chi connectivity index (χ4v) is 5.76. The molecule has 0 radical (unpaired) electrons. The van der Waals surface area contributed by atoms with Crippen LogP contribution >= 0.6 is 22.9 Å². The van der Waals surface area contributed by atoms with Crippen LogP contribution in [0.1, 0.15) is 47.1 Å². The quantitative estimate of drug-likeness (QED) is 0.306. The number of aromatic nitrogens is 1. The largest absolute Gasteiger partial charge is 0.465 e. The van der Waals surface area contributed by atoms with Gasteiger partial charge in [0.1, 0.15) is 11.5 Å². The van der Waals surface area contributed by atoms with Crippen LogP contribution < -0.4 is 14.9 Å². The summed E-state index contributed by atoms with van der Waals surface area (Å²) in [5.41, 5.74) is 3.18. The number of methoxy groups -OCH3 is 1. The lowest BCUT2D eigenvalue weighted by Gasteiger charge is -2.24. The molecule has 0 spiro atoms. The van der Waals surface area contributed by atoms with Crippen LogP contribution in [0.2, 0.25) is 5.02 Å². The fourth-order valence-electron chi connectivity index (χ4n) is 4.52. The summed E-state index contributed by atoms with van der Waals surface area (Å²) in [6.07, 6.45) is 1.63. The van der Waals surface area contributed by atoms with E-state index >= 15 is 0 Å². The van der Waals surface area contributed by atoms with Gasteiger partial charge in [-0.05, 0) is 56.7 Å². The van der Waals surface area contributed by atoms with E-state index in [0.29, 0.717) is 48.3 Å². The summed E-state index contributed by atoms with van der Waals surface area (Å²) in [6.45, 7) is 5.66. The van der Waals surface area contributed by atoms with Crippen molar-refractivity contribution in [2.24, 2.45) is 4.99 Å². The van der Waals surface area contributed by atoms with Crippen molar-refractivity contribution >= 4 is 41.0 Å². The molecule has 10 heteroatoms. The molecule has 3 heterocycles. The molecule has 0 saturated heterocycles. The third kappa shape index (κ3) is 5.05. The molecule has 0 aliphatic carbocycles. The van der Waals surface area contributed by atoms with Crippen molar-refractivity contribution in [2.45, 2.75) is 26.8 Å². The minimum absolute atomic E-state index is 0.202. The summed E-state index contributed by atoms with van der Waals surface area (Å²) in [5.74, 6) is -0.169. The van der Waals surface area contributed by atoms with Gasteiger partial charge in [-0.15, -0.1) is 0 Å². The molecular weight excluding hydrogens is 552 g/mol. The van der Waals surface area contributed by atoms with E-state index in [-0.39, 0.29) is 12.2 Å². The Morgan fingerprint density at radius 2 is 1.85 bits per heavy atom. The van der Waals surface area contributed by atoms with E-state index in [9.17, 15) is 14.4 Å². The molecule has 0 saturated carbocycles. The topological polar surface area (TPSA) is 100 Å². The summed E-state index contributed by atoms with van der Waals surface area (Å²) in [5, 5.41) is 0.396. The van der Waals surface area contributed by atoms with E-state index < -0.39 is 18.0 Å². The number of hydrogen-bond acceptors (Lipinski definition) is 8. The minimum Gasteiger partial charge on any atom is -0.465 e. The second kappa shape index (κ2) is 11.1. The molecule has 204 valence electrons. The molecule has 2 aromatic carbocycles. The molecule has 0 fully saturated rings. The van der Waals surface area contributed by atoms with Crippen LogP contribution in [-0.2, 0) is 14.3 Å². The van der Waals surface area contributed by atoms with Gasteiger partial charge in [0.05, 0.1) is 46.1 Å². The highest BCUT2D eigenvalue weighted by Crippen LogP contribution is 2.32. The highest BCUT2D eigenvalue weighted by atomic mass is 35.5. The normalized spacial score (nSPS) is 15.0. The minimum atomic E-state index is -0.690. The van der Waals surface area contributed by atoms with Crippen LogP contribution in [0.3, 0.4) is 0 Å². The first-order chi connectivity index (χ1) is 19.2. The number of hydrogen-bond donors (Lipinski definition) is 0. The van der Waals surface area contributed by atoms with E-state index in [0.717, 1.165) is 11.1 Å². The number of ether oxygens (including phenoxy) is 2. The molecular formula is C30H25ClN2O6S. The molecule has 40 heavy (non-hydrogen) atoms. The zero-order chi connectivity index (χ0) is 28.6. The lowest BCUT2D eigenvalue weighted by molar-refractivity contribution is -0.139. The molecule has 0 amide bonds. The predicted molar refractivity (Wildman–Crippen MR) is 152 cm³/mol. The van der Waals surface area contributed by atoms with E-state index in [2.05, 4.69) is 4.99 Å². The molecule has 0 bridgehead atoms. The van der Waals surface area contributed by atoms with Gasteiger partial charge in [0, 0.05) is 11.6 Å². The Bertz CT molecular complexity index is 1850. The molecule has 2 aromatic heterocycles. The predicted octanol–water partition coefficient (Wildman–Crippen LogP) is 4.81. The molecule has 0 unspecified atom stereocenters. The Hall–Kier alpha value is -4.21. The zero-order valence-electron chi connectivity index (χ0n) is 22.2. The SMILES string of the molecule is CCOC(=O)C1=C(C)N=c2s/c(=C\c3ccc(-c4cc(C(=O)OC)ccc4Cl)o3)c(=O)n2[C@H]1c1ccc(C)cc1. The van der Waals surface area contributed by atoms with Crippen molar-refractivity contribution in [3.05, 3.63) is 113 Å². The molecule has 1 aliphatic heterocycles. The number of esters is 2. The number of fused-ring (bicyclic) bond motifs is 1. The van der Waals surface area contributed by atoms with Gasteiger partial charge in [-0.1, -0.05) is 52.8 Å². The molecule has 1 atom stereocenters. The van der Waals surface area contributed by atoms with Gasteiger partial charge < -0.3 is 13.9 Å². The summed E-state index contributed by atoms with van der Waals surface area (Å²) in [4.78, 5) is 43.8. The number of carbonyl (C=O) groups is 2. The molecule has 5 rings (SSSR count). The van der Waals surface area contributed by atoms with Gasteiger partial charge in [0.25, 0.3) is 5.56 Å². The first-order valence-electron chi connectivity index (χ1n) is 12.5. The maximum Gasteiger partial charge on any atom is 0.338 e. The van der Waals surface area contributed by atoms with Crippen molar-refractivity contribution in [2.75, 3.05) is 13.7 Å². The standard InChI is InChI=1S/C30H25ClN2O6S/c1-5-38-29(36)25-17(3)32-30-33(26(25)18-8-6-16(2)7-9-18)27(34)24(40-30)15-20-11-13-23(39-20)21-14-19(28(35)37-4)10-12-22(21)31/h6-15,26H,5H2,1-4H3/b24-15-/t26-/m0/s1. The molecule has 4 aromatic rings. The number of furan rings is 1.